The lowest BCUT2D eigenvalue weighted by Crippen LogP contribution is -2.08. The van der Waals surface area contributed by atoms with Crippen LogP contribution in [0.15, 0.2) is 41.3 Å². The van der Waals surface area contributed by atoms with Crippen LogP contribution in [0.3, 0.4) is 0 Å². The van der Waals surface area contributed by atoms with Gasteiger partial charge < -0.3 is 4.74 Å². The Bertz CT molecular complexity index is 662. The summed E-state index contributed by atoms with van der Waals surface area (Å²) in [7, 11) is 1.61. The van der Waals surface area contributed by atoms with Crippen LogP contribution < -0.4 is 4.74 Å². The second-order valence-electron chi connectivity index (χ2n) is 5.19. The van der Waals surface area contributed by atoms with Crippen LogP contribution in [0, 0.1) is 20.8 Å². The van der Waals surface area contributed by atoms with Crippen molar-refractivity contribution in [3.05, 3.63) is 58.7 Å². The highest BCUT2D eigenvalue weighted by Gasteiger charge is 2.16. The average Bonchev–Trinajstić information content (AvgIpc) is 2.44. The molecular formula is C18H20O2S. The van der Waals surface area contributed by atoms with E-state index in [1.807, 2.05) is 38.1 Å². The normalized spacial score (nSPS) is 10.5. The van der Waals surface area contributed by atoms with Crippen LogP contribution in [0.1, 0.15) is 27.0 Å². The molecule has 0 aliphatic rings. The molecule has 0 aromatic heterocycles. The third kappa shape index (κ3) is 3.88. The van der Waals surface area contributed by atoms with Crippen molar-refractivity contribution in [2.24, 2.45) is 0 Å². The zero-order valence-corrected chi connectivity index (χ0v) is 13.7. The van der Waals surface area contributed by atoms with E-state index < -0.39 is 0 Å². The van der Waals surface area contributed by atoms with E-state index in [4.69, 9.17) is 4.74 Å². The standard InChI is InChI=1S/C18H20O2S/c1-12-6-5-7-15(9-12)21-11-16(19)18-14(3)8-13(2)10-17(18)20-4/h5-10H,11H2,1-4H3. The Morgan fingerprint density at radius 1 is 1.10 bits per heavy atom. The summed E-state index contributed by atoms with van der Waals surface area (Å²) in [6, 6.07) is 12.1. The van der Waals surface area contributed by atoms with E-state index >= 15 is 0 Å². The fourth-order valence-electron chi connectivity index (χ4n) is 2.37. The number of ketones is 1. The highest BCUT2D eigenvalue weighted by Crippen LogP contribution is 2.27. The molecule has 0 atom stereocenters. The molecule has 0 radical (unpaired) electrons. The molecule has 0 aliphatic heterocycles. The number of methoxy groups -OCH3 is 1. The van der Waals surface area contributed by atoms with Gasteiger partial charge in [-0.1, -0.05) is 23.8 Å². The minimum Gasteiger partial charge on any atom is -0.496 e. The van der Waals surface area contributed by atoms with Gasteiger partial charge in [0.25, 0.3) is 0 Å². The van der Waals surface area contributed by atoms with Crippen molar-refractivity contribution in [2.75, 3.05) is 12.9 Å². The first kappa shape index (κ1) is 15.6. The van der Waals surface area contributed by atoms with E-state index in [0.29, 0.717) is 17.1 Å². The smallest absolute Gasteiger partial charge is 0.177 e. The molecule has 110 valence electrons. The van der Waals surface area contributed by atoms with Gasteiger partial charge >= 0.3 is 0 Å². The lowest BCUT2D eigenvalue weighted by atomic mass is 10.0. The molecule has 3 heteroatoms. The number of Topliss-reactive ketones (excluding diaryl/α,β-unsaturated/α-hetero) is 1. The number of benzene rings is 2. The van der Waals surface area contributed by atoms with Crippen LogP contribution in [-0.4, -0.2) is 18.6 Å². The van der Waals surface area contributed by atoms with E-state index in [0.717, 1.165) is 16.0 Å². The van der Waals surface area contributed by atoms with E-state index in [1.54, 1.807) is 18.9 Å². The van der Waals surface area contributed by atoms with Gasteiger partial charge in [0.15, 0.2) is 5.78 Å². The van der Waals surface area contributed by atoms with Crippen LogP contribution in [0.2, 0.25) is 0 Å². The Labute approximate surface area is 130 Å². The molecule has 2 rings (SSSR count). The lowest BCUT2D eigenvalue weighted by molar-refractivity contribution is 0.101. The molecule has 0 unspecified atom stereocenters. The van der Waals surface area contributed by atoms with Crippen LogP contribution >= 0.6 is 11.8 Å². The molecule has 0 bridgehead atoms. The average molecular weight is 300 g/mol. The van der Waals surface area contributed by atoms with Crippen molar-refractivity contribution < 1.29 is 9.53 Å². The molecule has 0 spiro atoms. The number of carbonyl (C=O) groups is 1. The molecule has 2 aromatic carbocycles. The molecule has 0 amide bonds. The van der Waals surface area contributed by atoms with Gasteiger partial charge in [-0.2, -0.15) is 0 Å². The number of ether oxygens (including phenoxy) is 1. The molecule has 0 aliphatic carbocycles. The topological polar surface area (TPSA) is 26.3 Å². The monoisotopic (exact) mass is 300 g/mol. The summed E-state index contributed by atoms with van der Waals surface area (Å²) < 4.78 is 5.37. The Kier molecular flexibility index (Phi) is 5.07. The SMILES string of the molecule is COc1cc(C)cc(C)c1C(=O)CSc1cccc(C)c1. The van der Waals surface area contributed by atoms with E-state index in [2.05, 4.69) is 19.1 Å². The molecule has 0 heterocycles. The Morgan fingerprint density at radius 2 is 1.86 bits per heavy atom. The van der Waals surface area contributed by atoms with Crippen LogP contribution in [0.4, 0.5) is 0 Å². The van der Waals surface area contributed by atoms with Gasteiger partial charge in [-0.25, -0.2) is 0 Å². The Hall–Kier alpha value is -1.74. The fourth-order valence-corrected chi connectivity index (χ4v) is 3.26. The van der Waals surface area contributed by atoms with Gasteiger partial charge in [0, 0.05) is 4.90 Å². The summed E-state index contributed by atoms with van der Waals surface area (Å²) in [5.41, 5.74) is 3.98. The first-order valence-corrected chi connectivity index (χ1v) is 7.87. The van der Waals surface area contributed by atoms with Gasteiger partial charge in [0.05, 0.1) is 18.4 Å². The van der Waals surface area contributed by atoms with Crippen molar-refractivity contribution in [3.8, 4) is 5.75 Å². The largest absolute Gasteiger partial charge is 0.496 e. The van der Waals surface area contributed by atoms with Crippen molar-refractivity contribution >= 4 is 17.5 Å². The van der Waals surface area contributed by atoms with E-state index in [-0.39, 0.29) is 5.78 Å². The minimum absolute atomic E-state index is 0.107. The van der Waals surface area contributed by atoms with Crippen molar-refractivity contribution in [3.63, 3.8) is 0 Å². The summed E-state index contributed by atoms with van der Waals surface area (Å²) in [6.07, 6.45) is 0. The minimum atomic E-state index is 0.107. The third-order valence-corrected chi connectivity index (χ3v) is 4.30. The predicted molar refractivity (Wildman–Crippen MR) is 88.7 cm³/mol. The highest BCUT2D eigenvalue weighted by atomic mass is 32.2. The fraction of sp³-hybridized carbons (Fsp3) is 0.278. The Morgan fingerprint density at radius 3 is 2.52 bits per heavy atom. The summed E-state index contributed by atoms with van der Waals surface area (Å²) >= 11 is 1.56. The zero-order valence-electron chi connectivity index (χ0n) is 12.9. The van der Waals surface area contributed by atoms with Crippen molar-refractivity contribution in [1.29, 1.82) is 0 Å². The summed E-state index contributed by atoms with van der Waals surface area (Å²) in [6.45, 7) is 6.02. The number of carbonyl (C=O) groups excluding carboxylic acids is 1. The summed E-state index contributed by atoms with van der Waals surface area (Å²) in [5.74, 6) is 1.20. The first-order valence-electron chi connectivity index (χ1n) is 6.89. The van der Waals surface area contributed by atoms with Crippen molar-refractivity contribution in [1.82, 2.24) is 0 Å². The summed E-state index contributed by atoms with van der Waals surface area (Å²) in [5, 5.41) is 0. The molecule has 2 aromatic rings. The number of hydrogen-bond acceptors (Lipinski definition) is 3. The second-order valence-corrected chi connectivity index (χ2v) is 6.24. The molecule has 2 nitrogen and oxygen atoms in total. The molecule has 21 heavy (non-hydrogen) atoms. The summed E-state index contributed by atoms with van der Waals surface area (Å²) in [4.78, 5) is 13.6. The third-order valence-electron chi connectivity index (χ3n) is 3.30. The molecule has 0 N–H and O–H groups in total. The van der Waals surface area contributed by atoms with Gasteiger partial charge in [-0.15, -0.1) is 11.8 Å². The molecule has 0 saturated carbocycles. The lowest BCUT2D eigenvalue weighted by Gasteiger charge is -2.12. The molecule has 0 fully saturated rings. The molecule has 0 saturated heterocycles. The van der Waals surface area contributed by atoms with Gasteiger partial charge in [-0.3, -0.25) is 4.79 Å². The number of rotatable bonds is 5. The maximum absolute atomic E-state index is 12.5. The number of aryl methyl sites for hydroxylation is 3. The maximum Gasteiger partial charge on any atom is 0.177 e. The predicted octanol–water partition coefficient (Wildman–Crippen LogP) is 4.60. The van der Waals surface area contributed by atoms with Crippen LogP contribution in [0.5, 0.6) is 5.75 Å². The van der Waals surface area contributed by atoms with Crippen LogP contribution in [-0.2, 0) is 0 Å². The number of hydrogen-bond donors (Lipinski definition) is 0. The quantitative estimate of drug-likeness (QED) is 0.596. The maximum atomic E-state index is 12.5. The van der Waals surface area contributed by atoms with E-state index in [1.165, 1.54) is 5.56 Å². The Balaban J connectivity index is 2.17. The first-order chi connectivity index (χ1) is 10.0. The van der Waals surface area contributed by atoms with Gasteiger partial charge in [0.1, 0.15) is 5.75 Å². The van der Waals surface area contributed by atoms with E-state index in [9.17, 15) is 4.79 Å². The highest BCUT2D eigenvalue weighted by molar-refractivity contribution is 8.00. The van der Waals surface area contributed by atoms with Gasteiger partial charge in [0.2, 0.25) is 0 Å². The van der Waals surface area contributed by atoms with Gasteiger partial charge in [-0.05, 0) is 50.1 Å². The zero-order chi connectivity index (χ0) is 15.4. The number of thioether (sulfide) groups is 1. The molecular weight excluding hydrogens is 280 g/mol. The van der Waals surface area contributed by atoms with Crippen LogP contribution in [0.25, 0.3) is 0 Å². The van der Waals surface area contributed by atoms with Crippen molar-refractivity contribution in [2.45, 2.75) is 25.7 Å². The second kappa shape index (κ2) is 6.81.